The highest BCUT2D eigenvalue weighted by Gasteiger charge is 2.26. The summed E-state index contributed by atoms with van der Waals surface area (Å²) in [6.07, 6.45) is 0. The van der Waals surface area contributed by atoms with Crippen LogP contribution in [0.3, 0.4) is 0 Å². The largest absolute Gasteiger partial charge is 0.384 e. The number of rotatable bonds is 10. The Labute approximate surface area is 206 Å². The number of carbonyl (C=O) groups excluding carboxylic acids is 2. The van der Waals surface area contributed by atoms with E-state index in [1.54, 1.807) is 48.5 Å². The van der Waals surface area contributed by atoms with Crippen molar-refractivity contribution in [2.75, 3.05) is 6.54 Å². The molecule has 0 aliphatic rings. The molecule has 8 nitrogen and oxygen atoms in total. The van der Waals surface area contributed by atoms with Crippen LogP contribution in [-0.2, 0) is 16.1 Å². The molecule has 182 valence electrons. The summed E-state index contributed by atoms with van der Waals surface area (Å²) in [6, 6.07) is 16.0. The maximum atomic E-state index is 13.4. The van der Waals surface area contributed by atoms with Crippen LogP contribution >= 0.6 is 0 Å². The number of nitrogens with zero attached hydrogens (tertiary/aromatic N) is 2. The number of nitriles is 1. The molecule has 0 radical (unpaired) electrons. The Hall–Kier alpha value is -4.38. The molecule has 0 unspecified atom stereocenters. The van der Waals surface area contributed by atoms with Crippen LogP contribution in [0, 0.1) is 16.7 Å². The number of allylic oxidation sites excluding steroid dienone is 1. The summed E-state index contributed by atoms with van der Waals surface area (Å²) in [5.74, 6) is -0.820. The molecular formula is C27H32N6O2. The lowest BCUT2D eigenvalue weighted by atomic mass is 10.0. The topological polar surface area (TPSA) is 135 Å². The van der Waals surface area contributed by atoms with E-state index >= 15 is 0 Å². The van der Waals surface area contributed by atoms with Crippen LogP contribution in [0.4, 0.5) is 0 Å². The predicted molar refractivity (Wildman–Crippen MR) is 138 cm³/mol. The van der Waals surface area contributed by atoms with E-state index in [-0.39, 0.29) is 36.6 Å². The minimum atomic E-state index is -0.432. The summed E-state index contributed by atoms with van der Waals surface area (Å²) in [5.41, 5.74) is 9.53. The smallest absolute Gasteiger partial charge is 0.274 e. The average Bonchev–Trinajstić information content (AvgIpc) is 2.81. The second-order valence-corrected chi connectivity index (χ2v) is 8.60. The molecule has 0 spiro atoms. The molecule has 0 heterocycles. The van der Waals surface area contributed by atoms with Crippen LogP contribution in [0.25, 0.3) is 5.70 Å². The van der Waals surface area contributed by atoms with Gasteiger partial charge in [0.25, 0.3) is 5.91 Å². The zero-order valence-corrected chi connectivity index (χ0v) is 20.6. The summed E-state index contributed by atoms with van der Waals surface area (Å²) < 4.78 is 0. The maximum absolute atomic E-state index is 13.4. The Morgan fingerprint density at radius 3 is 2.34 bits per heavy atom. The van der Waals surface area contributed by atoms with Crippen LogP contribution in [-0.4, -0.2) is 35.1 Å². The third kappa shape index (κ3) is 7.57. The van der Waals surface area contributed by atoms with Gasteiger partial charge in [-0.3, -0.25) is 19.9 Å². The second kappa shape index (κ2) is 12.2. The van der Waals surface area contributed by atoms with Crippen molar-refractivity contribution < 1.29 is 9.59 Å². The number of nitrogen functional groups attached to an aromatic ring is 1. The summed E-state index contributed by atoms with van der Waals surface area (Å²) in [5, 5.41) is 22.7. The summed E-state index contributed by atoms with van der Waals surface area (Å²) in [6.45, 7) is 11.4. The number of carbonyl (C=O) groups is 2. The number of amides is 2. The molecule has 0 saturated heterocycles. The van der Waals surface area contributed by atoms with Crippen molar-refractivity contribution in [1.29, 1.82) is 10.7 Å². The Morgan fingerprint density at radius 1 is 1.14 bits per heavy atom. The summed E-state index contributed by atoms with van der Waals surface area (Å²) >= 11 is 0. The van der Waals surface area contributed by atoms with Crippen molar-refractivity contribution in [3.63, 3.8) is 0 Å². The fourth-order valence-electron chi connectivity index (χ4n) is 3.48. The Bertz CT molecular complexity index is 1180. The van der Waals surface area contributed by atoms with Gasteiger partial charge in [0.15, 0.2) is 0 Å². The van der Waals surface area contributed by atoms with Crippen LogP contribution in [0.15, 0.2) is 66.4 Å². The highest BCUT2D eigenvalue weighted by molar-refractivity contribution is 6.01. The molecule has 2 aromatic carbocycles. The molecule has 2 amide bonds. The van der Waals surface area contributed by atoms with E-state index < -0.39 is 5.91 Å². The zero-order valence-electron chi connectivity index (χ0n) is 20.6. The van der Waals surface area contributed by atoms with Gasteiger partial charge in [0.05, 0.1) is 23.0 Å². The fourth-order valence-corrected chi connectivity index (χ4v) is 3.48. The van der Waals surface area contributed by atoms with E-state index in [0.29, 0.717) is 22.4 Å². The number of nitrogens with two attached hydrogens (primary N) is 1. The van der Waals surface area contributed by atoms with Gasteiger partial charge in [0, 0.05) is 18.2 Å². The van der Waals surface area contributed by atoms with Gasteiger partial charge < -0.3 is 16.4 Å². The van der Waals surface area contributed by atoms with Gasteiger partial charge in [0.2, 0.25) is 5.91 Å². The number of benzene rings is 2. The fraction of sp³-hybridized carbons (Fsp3) is 0.259. The predicted octanol–water partition coefficient (Wildman–Crippen LogP) is 3.25. The molecule has 8 heteroatoms. The second-order valence-electron chi connectivity index (χ2n) is 8.60. The Morgan fingerprint density at radius 2 is 1.80 bits per heavy atom. The first-order valence-corrected chi connectivity index (χ1v) is 11.2. The van der Waals surface area contributed by atoms with Gasteiger partial charge in [-0.15, -0.1) is 0 Å². The lowest BCUT2D eigenvalue weighted by Crippen LogP contribution is -2.43. The standard InChI is InChI=1S/C27H32N6O2/c1-17(2)25(23-8-6-7-21(13-23)14-28)33(27(35)19(5)32-18(3)4)16-24(34)31-15-20-9-11-22(12-10-20)26(29)30/h6-13,18,32H,5,15-16H2,1-4H3,(H3,29,30)(H,31,34). The van der Waals surface area contributed by atoms with Crippen molar-refractivity contribution in [2.45, 2.75) is 40.3 Å². The van der Waals surface area contributed by atoms with Gasteiger partial charge >= 0.3 is 0 Å². The molecule has 35 heavy (non-hydrogen) atoms. The van der Waals surface area contributed by atoms with Gasteiger partial charge in [-0.2, -0.15) is 5.26 Å². The SMILES string of the molecule is C=C(NC(C)C)C(=O)N(CC(=O)NCc1ccc(C(=N)N)cc1)C(=C(C)C)c1cccc(C#N)c1. The van der Waals surface area contributed by atoms with Crippen LogP contribution in [0.2, 0.25) is 0 Å². The summed E-state index contributed by atoms with van der Waals surface area (Å²) in [7, 11) is 0. The average molecular weight is 473 g/mol. The molecule has 0 bridgehead atoms. The molecule has 2 aromatic rings. The molecule has 0 aromatic heterocycles. The van der Waals surface area contributed by atoms with E-state index in [0.717, 1.165) is 11.1 Å². The first kappa shape index (κ1) is 26.9. The number of hydrogen-bond donors (Lipinski definition) is 4. The van der Waals surface area contributed by atoms with Crippen molar-refractivity contribution in [1.82, 2.24) is 15.5 Å². The summed E-state index contributed by atoms with van der Waals surface area (Å²) in [4.78, 5) is 27.8. The van der Waals surface area contributed by atoms with Crippen LogP contribution in [0.1, 0.15) is 49.9 Å². The van der Waals surface area contributed by atoms with Gasteiger partial charge in [-0.25, -0.2) is 0 Å². The third-order valence-electron chi connectivity index (χ3n) is 5.03. The minimum Gasteiger partial charge on any atom is -0.384 e. The normalized spacial score (nSPS) is 10.2. The molecule has 0 fully saturated rings. The molecule has 0 aliphatic carbocycles. The Balaban J connectivity index is 2.32. The molecule has 2 rings (SSSR count). The van der Waals surface area contributed by atoms with Crippen molar-refractivity contribution >= 4 is 23.3 Å². The van der Waals surface area contributed by atoms with E-state index in [2.05, 4.69) is 23.3 Å². The minimum absolute atomic E-state index is 0.0165. The van der Waals surface area contributed by atoms with E-state index in [1.807, 2.05) is 27.7 Å². The van der Waals surface area contributed by atoms with Crippen LogP contribution < -0.4 is 16.4 Å². The van der Waals surface area contributed by atoms with E-state index in [9.17, 15) is 14.9 Å². The molecule has 5 N–H and O–H groups in total. The van der Waals surface area contributed by atoms with Crippen LogP contribution in [0.5, 0.6) is 0 Å². The monoisotopic (exact) mass is 472 g/mol. The maximum Gasteiger partial charge on any atom is 0.274 e. The molecule has 0 atom stereocenters. The Kier molecular flexibility index (Phi) is 9.36. The lowest BCUT2D eigenvalue weighted by Gasteiger charge is -2.28. The highest BCUT2D eigenvalue weighted by atomic mass is 16.2. The molecule has 0 saturated carbocycles. The number of hydrogen-bond acceptors (Lipinski definition) is 5. The highest BCUT2D eigenvalue weighted by Crippen LogP contribution is 2.25. The lowest BCUT2D eigenvalue weighted by molar-refractivity contribution is -0.130. The third-order valence-corrected chi connectivity index (χ3v) is 5.03. The van der Waals surface area contributed by atoms with Crippen molar-refractivity contribution in [3.8, 4) is 6.07 Å². The first-order valence-electron chi connectivity index (χ1n) is 11.2. The van der Waals surface area contributed by atoms with E-state index in [4.69, 9.17) is 11.1 Å². The van der Waals surface area contributed by atoms with E-state index in [1.165, 1.54) is 4.90 Å². The molecular weight excluding hydrogens is 440 g/mol. The zero-order chi connectivity index (χ0) is 26.1. The molecule has 0 aliphatic heterocycles. The quantitative estimate of drug-likeness (QED) is 0.239. The van der Waals surface area contributed by atoms with Gasteiger partial charge in [0.1, 0.15) is 12.4 Å². The van der Waals surface area contributed by atoms with Crippen molar-refractivity contribution in [2.24, 2.45) is 5.73 Å². The first-order chi connectivity index (χ1) is 16.5. The number of nitrogens with one attached hydrogen (secondary N) is 3. The van der Waals surface area contributed by atoms with Crippen molar-refractivity contribution in [3.05, 3.63) is 88.6 Å². The number of amidine groups is 1. The van der Waals surface area contributed by atoms with Gasteiger partial charge in [-0.1, -0.05) is 48.6 Å². The van der Waals surface area contributed by atoms with Gasteiger partial charge in [-0.05, 0) is 51.0 Å².